The number of hydrogen-bond acceptors (Lipinski definition) is 4. The summed E-state index contributed by atoms with van der Waals surface area (Å²) in [7, 11) is 0. The van der Waals surface area contributed by atoms with Crippen LogP contribution in [-0.4, -0.2) is 19.0 Å². The van der Waals surface area contributed by atoms with Crippen LogP contribution in [0.25, 0.3) is 0 Å². The number of rotatable bonds is 6. The van der Waals surface area contributed by atoms with Crippen molar-refractivity contribution in [2.75, 3.05) is 6.61 Å². The lowest BCUT2D eigenvalue weighted by Crippen LogP contribution is -2.09. The number of nitrogens with zero attached hydrogens (tertiary/aromatic N) is 2. The minimum Gasteiger partial charge on any atom is -0.318 e. The molecule has 4 heteroatoms. The van der Waals surface area contributed by atoms with E-state index in [2.05, 4.69) is 29.8 Å². The Morgan fingerprint density at radius 2 is 2.15 bits per heavy atom. The van der Waals surface area contributed by atoms with Crippen LogP contribution in [0, 0.1) is 12.1 Å². The maximum Gasteiger partial charge on any atom is 0.241 e. The van der Waals surface area contributed by atoms with Crippen molar-refractivity contribution in [2.45, 2.75) is 26.2 Å². The number of aliphatic imine (C=N–C) groups is 2. The molecule has 1 aliphatic heterocycles. The lowest BCUT2D eigenvalue weighted by Gasteiger charge is -2.11. The second-order valence-electron chi connectivity index (χ2n) is 3.13. The van der Waals surface area contributed by atoms with Crippen molar-refractivity contribution in [3.63, 3.8) is 0 Å². The van der Waals surface area contributed by atoms with Gasteiger partial charge in [-0.25, -0.2) is 0 Å². The zero-order valence-electron chi connectivity index (χ0n) is 7.81. The molecule has 0 bridgehead atoms. The molecule has 0 aliphatic carbocycles. The van der Waals surface area contributed by atoms with Crippen molar-refractivity contribution in [3.05, 3.63) is 6.17 Å². The SMILES string of the molecule is CCCC(COS)C[C+]1N=CC=N1. The van der Waals surface area contributed by atoms with Crippen LogP contribution in [-0.2, 0) is 4.18 Å². The molecular weight excluding hydrogens is 184 g/mol. The van der Waals surface area contributed by atoms with Crippen LogP contribution in [0.15, 0.2) is 9.98 Å². The van der Waals surface area contributed by atoms with Crippen LogP contribution < -0.4 is 0 Å². The smallest absolute Gasteiger partial charge is 0.241 e. The molecule has 72 valence electrons. The fraction of sp³-hybridized carbons (Fsp3) is 0.667. The molecule has 0 amide bonds. The van der Waals surface area contributed by atoms with Gasteiger partial charge in [0.1, 0.15) is 0 Å². The van der Waals surface area contributed by atoms with Crippen molar-refractivity contribution in [1.82, 2.24) is 0 Å². The molecule has 0 aromatic heterocycles. The summed E-state index contributed by atoms with van der Waals surface area (Å²) >= 11 is 3.76. The highest BCUT2D eigenvalue weighted by Gasteiger charge is 2.21. The predicted molar refractivity (Wildman–Crippen MR) is 58.2 cm³/mol. The maximum atomic E-state index is 4.84. The molecule has 0 fully saturated rings. The van der Waals surface area contributed by atoms with E-state index in [1.54, 1.807) is 12.4 Å². The molecule has 0 saturated carbocycles. The molecule has 1 unspecified atom stereocenters. The van der Waals surface area contributed by atoms with Gasteiger partial charge in [0.15, 0.2) is 12.4 Å². The average molecular weight is 199 g/mol. The van der Waals surface area contributed by atoms with Gasteiger partial charge in [0.2, 0.25) is 6.17 Å². The number of thiol groups is 1. The summed E-state index contributed by atoms with van der Waals surface area (Å²) in [4.78, 5) is 8.26. The quantitative estimate of drug-likeness (QED) is 0.397. The molecule has 0 saturated heterocycles. The third kappa shape index (κ3) is 3.83. The zero-order chi connectivity index (χ0) is 9.52. The Balaban J connectivity index is 2.28. The first-order valence-electron chi connectivity index (χ1n) is 4.55. The molecule has 1 rings (SSSR count). The van der Waals surface area contributed by atoms with E-state index >= 15 is 0 Å². The standard InChI is InChI=1S/C9H14N2OS/c1-2-3-8(7-12-13)6-9-10-4-5-11-9/h4-5,8H,2-3,6-7H2,1H3/p+1. The fourth-order valence-corrected chi connectivity index (χ4v) is 1.60. The van der Waals surface area contributed by atoms with E-state index < -0.39 is 0 Å². The van der Waals surface area contributed by atoms with E-state index in [0.29, 0.717) is 12.5 Å². The number of hydrogen-bond donors (Lipinski definition) is 1. The maximum absolute atomic E-state index is 4.84. The predicted octanol–water partition coefficient (Wildman–Crippen LogP) is 2.30. The van der Waals surface area contributed by atoms with Crippen molar-refractivity contribution < 1.29 is 4.18 Å². The summed E-state index contributed by atoms with van der Waals surface area (Å²) in [5, 5.41) is 0. The van der Waals surface area contributed by atoms with E-state index in [-0.39, 0.29) is 0 Å². The molecule has 0 radical (unpaired) electrons. The van der Waals surface area contributed by atoms with E-state index in [9.17, 15) is 0 Å². The van der Waals surface area contributed by atoms with Gasteiger partial charge in [0.05, 0.1) is 13.0 Å². The van der Waals surface area contributed by atoms with Crippen LogP contribution in [0.2, 0.25) is 0 Å². The van der Waals surface area contributed by atoms with Gasteiger partial charge in [-0.05, 0) is 19.3 Å². The molecule has 13 heavy (non-hydrogen) atoms. The van der Waals surface area contributed by atoms with Crippen LogP contribution in [0.1, 0.15) is 26.2 Å². The lowest BCUT2D eigenvalue weighted by atomic mass is 9.99. The minimum absolute atomic E-state index is 0.491. The van der Waals surface area contributed by atoms with Gasteiger partial charge in [0.25, 0.3) is 0 Å². The normalized spacial score (nSPS) is 16.9. The Hall–Kier alpha value is -0.480. The van der Waals surface area contributed by atoms with E-state index in [4.69, 9.17) is 4.18 Å². The Morgan fingerprint density at radius 1 is 1.46 bits per heavy atom. The first kappa shape index (κ1) is 10.6. The topological polar surface area (TPSA) is 34.0 Å². The fourth-order valence-electron chi connectivity index (χ4n) is 1.39. The van der Waals surface area contributed by atoms with Crippen LogP contribution in [0.4, 0.5) is 0 Å². The molecule has 1 aliphatic rings. The Kier molecular flexibility index (Phi) is 4.93. The van der Waals surface area contributed by atoms with Gasteiger partial charge in [0, 0.05) is 5.92 Å². The Labute approximate surface area is 84.9 Å². The monoisotopic (exact) mass is 199 g/mol. The lowest BCUT2D eigenvalue weighted by molar-refractivity contribution is 0.270. The zero-order valence-corrected chi connectivity index (χ0v) is 8.70. The summed E-state index contributed by atoms with van der Waals surface area (Å²) in [6.45, 7) is 2.84. The van der Waals surface area contributed by atoms with Gasteiger partial charge >= 0.3 is 0 Å². The highest BCUT2D eigenvalue weighted by atomic mass is 32.1. The molecule has 1 heterocycles. The van der Waals surface area contributed by atoms with Crippen LogP contribution >= 0.6 is 12.9 Å². The molecule has 0 spiro atoms. The molecule has 1 atom stereocenters. The molecular formula is C9H15N2OS+. The van der Waals surface area contributed by atoms with Crippen molar-refractivity contribution in [1.29, 1.82) is 0 Å². The van der Waals surface area contributed by atoms with Crippen LogP contribution in [0.3, 0.4) is 0 Å². The van der Waals surface area contributed by atoms with Crippen molar-refractivity contribution in [3.8, 4) is 0 Å². The summed E-state index contributed by atoms with van der Waals surface area (Å²) in [5.41, 5.74) is 0. The summed E-state index contributed by atoms with van der Waals surface area (Å²) in [5.74, 6) is 0.491. The van der Waals surface area contributed by atoms with Gasteiger partial charge < -0.3 is 4.18 Å². The highest BCUT2D eigenvalue weighted by Crippen LogP contribution is 2.22. The Morgan fingerprint density at radius 3 is 2.69 bits per heavy atom. The third-order valence-electron chi connectivity index (χ3n) is 1.99. The second kappa shape index (κ2) is 6.05. The van der Waals surface area contributed by atoms with Gasteiger partial charge in [-0.3, -0.25) is 0 Å². The van der Waals surface area contributed by atoms with Crippen molar-refractivity contribution >= 4 is 25.3 Å². The summed E-state index contributed by atoms with van der Waals surface area (Å²) in [6.07, 6.45) is 7.53. The first-order valence-corrected chi connectivity index (χ1v) is 4.92. The summed E-state index contributed by atoms with van der Waals surface area (Å²) < 4.78 is 4.84. The van der Waals surface area contributed by atoms with E-state index in [1.807, 2.05) is 0 Å². The largest absolute Gasteiger partial charge is 0.318 e. The van der Waals surface area contributed by atoms with Crippen molar-refractivity contribution in [2.24, 2.45) is 15.9 Å². The van der Waals surface area contributed by atoms with Gasteiger partial charge in [-0.1, -0.05) is 23.3 Å². The Bertz CT molecular complexity index is 176. The highest BCUT2D eigenvalue weighted by molar-refractivity contribution is 7.75. The van der Waals surface area contributed by atoms with E-state index in [1.165, 1.54) is 0 Å². The second-order valence-corrected chi connectivity index (χ2v) is 3.39. The first-order chi connectivity index (χ1) is 6.36. The molecule has 0 aromatic rings. The molecule has 0 N–H and O–H groups in total. The van der Waals surface area contributed by atoms with Gasteiger partial charge in [-0.15, -0.1) is 0 Å². The van der Waals surface area contributed by atoms with Crippen LogP contribution in [0.5, 0.6) is 0 Å². The van der Waals surface area contributed by atoms with E-state index in [0.717, 1.165) is 25.4 Å². The third-order valence-corrected chi connectivity index (χ3v) is 2.14. The van der Waals surface area contributed by atoms with Gasteiger partial charge in [-0.2, -0.15) is 0 Å². The molecule has 0 aromatic carbocycles. The average Bonchev–Trinajstić information content (AvgIpc) is 2.58. The summed E-state index contributed by atoms with van der Waals surface area (Å²) in [6, 6.07) is 0. The minimum atomic E-state index is 0.491. The molecule has 3 nitrogen and oxygen atoms in total.